The van der Waals surface area contributed by atoms with E-state index in [2.05, 4.69) is 27.7 Å². The van der Waals surface area contributed by atoms with Gasteiger partial charge in [0, 0.05) is 0 Å². The maximum absolute atomic E-state index is 12.9. The first-order chi connectivity index (χ1) is 15.6. The molecule has 2 nitrogen and oxygen atoms in total. The Balaban J connectivity index is 4.17. The van der Waals surface area contributed by atoms with Gasteiger partial charge in [0.25, 0.3) is 0 Å². The van der Waals surface area contributed by atoms with E-state index in [1.165, 1.54) is 122 Å². The van der Waals surface area contributed by atoms with E-state index < -0.39 is 0 Å². The molecule has 0 heterocycles. The van der Waals surface area contributed by atoms with Gasteiger partial charge in [0.05, 0.1) is 12.0 Å². The summed E-state index contributed by atoms with van der Waals surface area (Å²) in [6.45, 7) is 9.54. The summed E-state index contributed by atoms with van der Waals surface area (Å²) in [5, 5.41) is 0. The molecule has 0 spiro atoms. The van der Waals surface area contributed by atoms with Crippen LogP contribution in [0.5, 0.6) is 0 Å². The van der Waals surface area contributed by atoms with Crippen molar-refractivity contribution < 1.29 is 9.53 Å². The van der Waals surface area contributed by atoms with Gasteiger partial charge in [-0.3, -0.25) is 4.79 Å². The summed E-state index contributed by atoms with van der Waals surface area (Å²) >= 11 is 0. The molecule has 0 radical (unpaired) electrons. The zero-order valence-electron chi connectivity index (χ0n) is 22.8. The lowest BCUT2D eigenvalue weighted by atomic mass is 9.79. The molecule has 0 saturated carbocycles. The van der Waals surface area contributed by atoms with Gasteiger partial charge in [0.15, 0.2) is 0 Å². The Kier molecular flexibility index (Phi) is 23.2. The van der Waals surface area contributed by atoms with Crippen molar-refractivity contribution in [3.05, 3.63) is 0 Å². The molecular weight excluding hydrogens is 392 g/mol. The second kappa shape index (κ2) is 23.6. The van der Waals surface area contributed by atoms with Crippen molar-refractivity contribution in [2.24, 2.45) is 5.41 Å². The van der Waals surface area contributed by atoms with E-state index in [0.29, 0.717) is 6.61 Å². The molecule has 0 aliphatic rings. The minimum atomic E-state index is -0.269. The minimum absolute atomic E-state index is 0.0764. The van der Waals surface area contributed by atoms with Gasteiger partial charge in [0.2, 0.25) is 0 Å². The van der Waals surface area contributed by atoms with Crippen LogP contribution in [-0.4, -0.2) is 12.6 Å². The molecule has 0 aliphatic heterocycles. The summed E-state index contributed by atoms with van der Waals surface area (Å²) in [6, 6.07) is 0. The fourth-order valence-electron chi connectivity index (χ4n) is 4.67. The Morgan fingerprint density at radius 3 is 1.19 bits per heavy atom. The molecule has 0 saturated heterocycles. The van der Waals surface area contributed by atoms with Crippen molar-refractivity contribution in [1.82, 2.24) is 0 Å². The molecule has 0 aromatic heterocycles. The van der Waals surface area contributed by atoms with Crippen LogP contribution < -0.4 is 0 Å². The van der Waals surface area contributed by atoms with E-state index in [1.807, 2.05) is 0 Å². The van der Waals surface area contributed by atoms with Gasteiger partial charge in [0.1, 0.15) is 0 Å². The highest BCUT2D eigenvalue weighted by atomic mass is 16.5. The van der Waals surface area contributed by atoms with E-state index >= 15 is 0 Å². The van der Waals surface area contributed by atoms with Crippen molar-refractivity contribution in [3.63, 3.8) is 0 Å². The lowest BCUT2D eigenvalue weighted by Gasteiger charge is -2.27. The summed E-state index contributed by atoms with van der Waals surface area (Å²) in [5.74, 6) is 0.0764. The molecule has 1 atom stereocenters. The smallest absolute Gasteiger partial charge is 0.311 e. The standard InChI is InChI=1S/C30H60O2/c1-5-8-11-13-15-17-18-20-22-24-27-30(4,29(31)32-28-25-10-7-3)26-23-21-19-16-14-12-9-6-2/h5-28H2,1-4H3. The van der Waals surface area contributed by atoms with Crippen molar-refractivity contribution >= 4 is 5.97 Å². The Morgan fingerprint density at radius 2 is 0.812 bits per heavy atom. The van der Waals surface area contributed by atoms with Crippen LogP contribution in [0.4, 0.5) is 0 Å². The molecule has 0 bridgehead atoms. The quantitative estimate of drug-likeness (QED) is 0.102. The Bertz CT molecular complexity index is 392. The highest BCUT2D eigenvalue weighted by molar-refractivity contribution is 5.76. The number of rotatable bonds is 25. The molecule has 192 valence electrons. The van der Waals surface area contributed by atoms with E-state index in [-0.39, 0.29) is 11.4 Å². The van der Waals surface area contributed by atoms with Gasteiger partial charge >= 0.3 is 5.97 Å². The van der Waals surface area contributed by atoms with Gasteiger partial charge in [-0.05, 0) is 26.2 Å². The predicted molar refractivity (Wildman–Crippen MR) is 142 cm³/mol. The van der Waals surface area contributed by atoms with Crippen LogP contribution in [-0.2, 0) is 9.53 Å². The van der Waals surface area contributed by atoms with Gasteiger partial charge in [-0.1, -0.05) is 149 Å². The van der Waals surface area contributed by atoms with E-state index in [0.717, 1.165) is 25.7 Å². The zero-order valence-corrected chi connectivity index (χ0v) is 22.8. The lowest BCUT2D eigenvalue weighted by Crippen LogP contribution is -2.30. The number of esters is 1. The number of carbonyl (C=O) groups is 1. The van der Waals surface area contributed by atoms with E-state index in [9.17, 15) is 4.79 Å². The third-order valence-corrected chi connectivity index (χ3v) is 7.14. The summed E-state index contributed by atoms with van der Waals surface area (Å²) in [6.07, 6.45) is 29.4. The summed E-state index contributed by atoms with van der Waals surface area (Å²) < 4.78 is 5.74. The van der Waals surface area contributed by atoms with E-state index in [1.54, 1.807) is 0 Å². The Morgan fingerprint density at radius 1 is 0.500 bits per heavy atom. The van der Waals surface area contributed by atoms with Crippen LogP contribution in [0.3, 0.4) is 0 Å². The number of hydrogen-bond donors (Lipinski definition) is 0. The maximum Gasteiger partial charge on any atom is 0.311 e. The van der Waals surface area contributed by atoms with Crippen LogP contribution in [0.2, 0.25) is 0 Å². The predicted octanol–water partition coefficient (Wildman–Crippen LogP) is 10.6. The Hall–Kier alpha value is -0.530. The van der Waals surface area contributed by atoms with Crippen molar-refractivity contribution in [3.8, 4) is 0 Å². The molecule has 32 heavy (non-hydrogen) atoms. The third-order valence-electron chi connectivity index (χ3n) is 7.14. The van der Waals surface area contributed by atoms with Crippen LogP contribution in [0.1, 0.15) is 175 Å². The molecule has 0 N–H and O–H groups in total. The van der Waals surface area contributed by atoms with Gasteiger partial charge in [-0.15, -0.1) is 0 Å². The fraction of sp³-hybridized carbons (Fsp3) is 0.967. The maximum atomic E-state index is 12.9. The lowest BCUT2D eigenvalue weighted by molar-refractivity contribution is -0.156. The first-order valence-electron chi connectivity index (χ1n) is 14.8. The van der Waals surface area contributed by atoms with Gasteiger partial charge in [-0.2, -0.15) is 0 Å². The average molecular weight is 453 g/mol. The van der Waals surface area contributed by atoms with Gasteiger partial charge < -0.3 is 4.74 Å². The molecular formula is C30H60O2. The van der Waals surface area contributed by atoms with Crippen molar-refractivity contribution in [2.45, 2.75) is 175 Å². The summed E-state index contributed by atoms with van der Waals surface area (Å²) in [7, 11) is 0. The number of carbonyl (C=O) groups excluding carboxylic acids is 1. The minimum Gasteiger partial charge on any atom is -0.465 e. The fourth-order valence-corrected chi connectivity index (χ4v) is 4.67. The third kappa shape index (κ3) is 19.0. The molecule has 0 aromatic rings. The van der Waals surface area contributed by atoms with Crippen molar-refractivity contribution in [2.75, 3.05) is 6.61 Å². The Labute approximate surface area is 203 Å². The molecule has 0 fully saturated rings. The SMILES string of the molecule is CCCCCCCCCCCCC(C)(CCCCCCCCCC)C(=O)OCCCCC. The second-order valence-electron chi connectivity index (χ2n) is 10.6. The molecule has 0 rings (SSSR count). The van der Waals surface area contributed by atoms with Gasteiger partial charge in [-0.25, -0.2) is 0 Å². The van der Waals surface area contributed by atoms with Crippen LogP contribution in [0.15, 0.2) is 0 Å². The van der Waals surface area contributed by atoms with Crippen molar-refractivity contribution in [1.29, 1.82) is 0 Å². The molecule has 0 aliphatic carbocycles. The average Bonchev–Trinajstić information content (AvgIpc) is 2.79. The monoisotopic (exact) mass is 452 g/mol. The molecule has 0 amide bonds. The number of hydrogen-bond acceptors (Lipinski definition) is 2. The molecule has 1 unspecified atom stereocenters. The highest BCUT2D eigenvalue weighted by Crippen LogP contribution is 2.33. The zero-order chi connectivity index (χ0) is 23.8. The summed E-state index contributed by atoms with van der Waals surface area (Å²) in [5.41, 5.74) is -0.269. The number of unbranched alkanes of at least 4 members (excludes halogenated alkanes) is 18. The highest BCUT2D eigenvalue weighted by Gasteiger charge is 2.33. The largest absolute Gasteiger partial charge is 0.465 e. The van der Waals surface area contributed by atoms with Crippen LogP contribution in [0, 0.1) is 5.41 Å². The van der Waals surface area contributed by atoms with E-state index in [4.69, 9.17) is 4.74 Å². The summed E-state index contributed by atoms with van der Waals surface area (Å²) in [4.78, 5) is 12.9. The topological polar surface area (TPSA) is 26.3 Å². The normalized spacial score (nSPS) is 13.2. The molecule has 2 heteroatoms. The van der Waals surface area contributed by atoms with Crippen LogP contribution in [0.25, 0.3) is 0 Å². The molecule has 0 aromatic carbocycles. The second-order valence-corrected chi connectivity index (χ2v) is 10.6. The van der Waals surface area contributed by atoms with Crippen LogP contribution >= 0.6 is 0 Å². The number of ether oxygens (including phenoxy) is 1. The first kappa shape index (κ1) is 31.5. The first-order valence-corrected chi connectivity index (χ1v) is 14.8.